The summed E-state index contributed by atoms with van der Waals surface area (Å²) < 4.78 is 10.8. The van der Waals surface area contributed by atoms with Gasteiger partial charge in [-0.3, -0.25) is 9.89 Å². The minimum atomic E-state index is 0. The van der Waals surface area contributed by atoms with E-state index in [2.05, 4.69) is 42.8 Å². The number of hydrogen-bond acceptors (Lipinski definition) is 6. The van der Waals surface area contributed by atoms with E-state index < -0.39 is 0 Å². The van der Waals surface area contributed by atoms with Gasteiger partial charge >= 0.3 is 0 Å². The van der Waals surface area contributed by atoms with Crippen molar-refractivity contribution in [3.05, 3.63) is 41.5 Å². The topological polar surface area (TPSA) is 87.8 Å². The predicted octanol–water partition coefficient (Wildman–Crippen LogP) is 2.55. The number of hydrogen-bond donors (Lipinski definition) is 2. The highest BCUT2D eigenvalue weighted by Gasteiger charge is 2.26. The lowest BCUT2D eigenvalue weighted by molar-refractivity contribution is 0.239. The molecule has 0 aliphatic carbocycles. The smallest absolute Gasteiger partial charge is 0.228 e. The number of ether oxygens (including phenoxy) is 1. The molecule has 3 rings (SSSR count). The number of aromatic nitrogens is 2. The SMILES string of the molecule is CN=C(NCCc1nc(C)no1)NCC(c1ccccc1OC)N1CCCC1.I. The number of aliphatic imine (C=N–C) groups is 1. The van der Waals surface area contributed by atoms with Crippen molar-refractivity contribution in [3.63, 3.8) is 0 Å². The summed E-state index contributed by atoms with van der Waals surface area (Å²) in [6.45, 7) is 5.45. The van der Waals surface area contributed by atoms with Crippen LogP contribution >= 0.6 is 24.0 Å². The molecule has 2 heterocycles. The third-order valence-electron chi connectivity index (χ3n) is 4.97. The molecule has 0 radical (unpaired) electrons. The van der Waals surface area contributed by atoms with E-state index in [1.807, 2.05) is 19.1 Å². The minimum Gasteiger partial charge on any atom is -0.496 e. The van der Waals surface area contributed by atoms with Crippen LogP contribution in [0.25, 0.3) is 0 Å². The molecule has 0 amide bonds. The first kappa shape index (κ1) is 23.4. The number of likely N-dealkylation sites (tertiary alicyclic amines) is 1. The molecule has 29 heavy (non-hydrogen) atoms. The van der Waals surface area contributed by atoms with Gasteiger partial charge in [0.25, 0.3) is 0 Å². The second-order valence-corrected chi connectivity index (χ2v) is 6.87. The number of benzene rings is 1. The van der Waals surface area contributed by atoms with Crippen LogP contribution in [0.4, 0.5) is 0 Å². The maximum absolute atomic E-state index is 5.61. The fraction of sp³-hybridized carbons (Fsp3) is 0.550. The molecule has 1 fully saturated rings. The number of guanidine groups is 1. The van der Waals surface area contributed by atoms with E-state index in [9.17, 15) is 0 Å². The molecule has 1 aliphatic rings. The number of halogens is 1. The van der Waals surface area contributed by atoms with Crippen molar-refractivity contribution in [3.8, 4) is 5.75 Å². The lowest BCUT2D eigenvalue weighted by Gasteiger charge is -2.30. The van der Waals surface area contributed by atoms with Crippen molar-refractivity contribution in [2.75, 3.05) is 40.3 Å². The molecule has 0 saturated carbocycles. The van der Waals surface area contributed by atoms with Crippen molar-refractivity contribution < 1.29 is 9.26 Å². The van der Waals surface area contributed by atoms with Crippen LogP contribution < -0.4 is 15.4 Å². The van der Waals surface area contributed by atoms with Crippen LogP contribution in [0.15, 0.2) is 33.8 Å². The summed E-state index contributed by atoms with van der Waals surface area (Å²) in [6, 6.07) is 8.49. The van der Waals surface area contributed by atoms with E-state index in [0.717, 1.165) is 31.3 Å². The maximum Gasteiger partial charge on any atom is 0.228 e. The highest BCUT2D eigenvalue weighted by atomic mass is 127. The Labute approximate surface area is 189 Å². The Kier molecular flexibility index (Phi) is 9.65. The Morgan fingerprint density at radius 1 is 1.28 bits per heavy atom. The van der Waals surface area contributed by atoms with Gasteiger partial charge in [0.05, 0.1) is 13.2 Å². The molecule has 9 heteroatoms. The molecule has 1 saturated heterocycles. The number of para-hydroxylation sites is 1. The van der Waals surface area contributed by atoms with Gasteiger partial charge in [-0.05, 0) is 38.9 Å². The molecule has 160 valence electrons. The fourth-order valence-corrected chi connectivity index (χ4v) is 3.57. The first-order valence-electron chi connectivity index (χ1n) is 9.82. The van der Waals surface area contributed by atoms with E-state index in [-0.39, 0.29) is 30.0 Å². The summed E-state index contributed by atoms with van der Waals surface area (Å²) in [5, 5.41) is 10.6. The molecule has 0 spiro atoms. The van der Waals surface area contributed by atoms with Gasteiger partial charge in [0, 0.05) is 32.1 Å². The molecule has 0 bridgehead atoms. The second kappa shape index (κ2) is 12.0. The van der Waals surface area contributed by atoms with Crippen LogP contribution in [0, 0.1) is 6.92 Å². The monoisotopic (exact) mass is 514 g/mol. The Bertz CT molecular complexity index is 776. The van der Waals surface area contributed by atoms with Crippen LogP contribution in [-0.2, 0) is 6.42 Å². The van der Waals surface area contributed by atoms with Crippen molar-refractivity contribution in [2.24, 2.45) is 4.99 Å². The number of rotatable bonds is 8. The van der Waals surface area contributed by atoms with Gasteiger partial charge in [-0.2, -0.15) is 4.98 Å². The number of nitrogens with zero attached hydrogens (tertiary/aromatic N) is 4. The lowest BCUT2D eigenvalue weighted by atomic mass is 10.0. The molecule has 1 atom stereocenters. The average Bonchev–Trinajstić information content (AvgIpc) is 3.39. The first-order valence-corrected chi connectivity index (χ1v) is 9.82. The second-order valence-electron chi connectivity index (χ2n) is 6.87. The summed E-state index contributed by atoms with van der Waals surface area (Å²) in [7, 11) is 3.51. The normalized spacial score (nSPS) is 15.6. The Morgan fingerprint density at radius 2 is 2.03 bits per heavy atom. The van der Waals surface area contributed by atoms with Crippen molar-refractivity contribution >= 4 is 29.9 Å². The summed E-state index contributed by atoms with van der Waals surface area (Å²) in [6.07, 6.45) is 3.13. The van der Waals surface area contributed by atoms with Gasteiger partial charge in [0.2, 0.25) is 5.89 Å². The van der Waals surface area contributed by atoms with E-state index in [1.165, 1.54) is 18.4 Å². The van der Waals surface area contributed by atoms with Crippen LogP contribution in [-0.4, -0.2) is 61.3 Å². The van der Waals surface area contributed by atoms with Gasteiger partial charge < -0.3 is 19.9 Å². The number of methoxy groups -OCH3 is 1. The zero-order chi connectivity index (χ0) is 19.8. The predicted molar refractivity (Wildman–Crippen MR) is 124 cm³/mol. The number of aryl methyl sites for hydroxylation is 1. The molecule has 1 aliphatic heterocycles. The van der Waals surface area contributed by atoms with Crippen molar-refractivity contribution in [1.82, 2.24) is 25.7 Å². The zero-order valence-electron chi connectivity index (χ0n) is 17.4. The van der Waals surface area contributed by atoms with Gasteiger partial charge in [-0.1, -0.05) is 23.4 Å². The van der Waals surface area contributed by atoms with Crippen LogP contribution in [0.2, 0.25) is 0 Å². The van der Waals surface area contributed by atoms with E-state index in [0.29, 0.717) is 24.7 Å². The average molecular weight is 514 g/mol. The van der Waals surface area contributed by atoms with Gasteiger partial charge in [0.15, 0.2) is 11.8 Å². The van der Waals surface area contributed by atoms with Gasteiger partial charge in [0.1, 0.15) is 5.75 Å². The minimum absolute atomic E-state index is 0. The third kappa shape index (κ3) is 6.56. The first-order chi connectivity index (χ1) is 13.7. The zero-order valence-corrected chi connectivity index (χ0v) is 19.7. The fourth-order valence-electron chi connectivity index (χ4n) is 3.57. The molecular formula is C20H31IN6O2. The molecule has 1 unspecified atom stereocenters. The molecule has 2 aromatic rings. The van der Waals surface area contributed by atoms with Crippen LogP contribution in [0.5, 0.6) is 5.75 Å². The summed E-state index contributed by atoms with van der Waals surface area (Å²) in [4.78, 5) is 11.1. The number of nitrogens with one attached hydrogen (secondary N) is 2. The van der Waals surface area contributed by atoms with Crippen LogP contribution in [0.3, 0.4) is 0 Å². The van der Waals surface area contributed by atoms with Crippen molar-refractivity contribution in [2.45, 2.75) is 32.2 Å². The lowest BCUT2D eigenvalue weighted by Crippen LogP contribution is -2.43. The highest BCUT2D eigenvalue weighted by Crippen LogP contribution is 2.31. The standard InChI is InChI=1S/C20H30N6O2.HI/c1-15-24-19(28-25-15)10-11-22-20(21-2)23-14-17(26-12-6-7-13-26)16-8-4-5-9-18(16)27-3;/h4-5,8-9,17H,6-7,10-14H2,1-3H3,(H2,21,22,23);1H. The Balaban J connectivity index is 0.00000300. The van der Waals surface area contributed by atoms with E-state index >= 15 is 0 Å². The molecular weight excluding hydrogens is 483 g/mol. The van der Waals surface area contributed by atoms with E-state index in [4.69, 9.17) is 9.26 Å². The van der Waals surface area contributed by atoms with Gasteiger partial charge in [-0.15, -0.1) is 24.0 Å². The molecule has 1 aromatic carbocycles. The quantitative estimate of drug-likeness (QED) is 0.318. The molecule has 1 aromatic heterocycles. The Hall–Kier alpha value is -1.88. The summed E-state index contributed by atoms with van der Waals surface area (Å²) in [5.74, 6) is 2.97. The molecule has 2 N–H and O–H groups in total. The highest BCUT2D eigenvalue weighted by molar-refractivity contribution is 14.0. The summed E-state index contributed by atoms with van der Waals surface area (Å²) in [5.41, 5.74) is 1.20. The Morgan fingerprint density at radius 3 is 2.69 bits per heavy atom. The van der Waals surface area contributed by atoms with Gasteiger partial charge in [-0.25, -0.2) is 0 Å². The van der Waals surface area contributed by atoms with Crippen molar-refractivity contribution in [1.29, 1.82) is 0 Å². The summed E-state index contributed by atoms with van der Waals surface area (Å²) >= 11 is 0. The molecule has 8 nitrogen and oxygen atoms in total. The maximum atomic E-state index is 5.61. The van der Waals surface area contributed by atoms with Crippen LogP contribution in [0.1, 0.15) is 36.2 Å². The van der Waals surface area contributed by atoms with E-state index in [1.54, 1.807) is 14.2 Å². The largest absolute Gasteiger partial charge is 0.496 e. The third-order valence-corrected chi connectivity index (χ3v) is 4.97.